The number of benzene rings is 1. The number of hydrogen-bond acceptors (Lipinski definition) is 3. The lowest BCUT2D eigenvalue weighted by atomic mass is 10.2. The van der Waals surface area contributed by atoms with Crippen LogP contribution in [0.1, 0.15) is 32.1 Å². The Hall–Kier alpha value is -1.43. The fourth-order valence-electron chi connectivity index (χ4n) is 3.10. The van der Waals surface area contributed by atoms with Crippen molar-refractivity contribution in [2.24, 2.45) is 0 Å². The van der Waals surface area contributed by atoms with Gasteiger partial charge >= 0.3 is 0 Å². The molecule has 1 aromatic carbocycles. The highest BCUT2D eigenvalue weighted by Crippen LogP contribution is 2.30. The molecule has 4 nitrogen and oxygen atoms in total. The van der Waals surface area contributed by atoms with E-state index in [0.717, 1.165) is 25.7 Å². The number of nitrogens with one attached hydrogen (secondary N) is 1. The van der Waals surface area contributed by atoms with E-state index in [2.05, 4.69) is 21.2 Å². The molecular formula is C15H16BrFN2O2. The molecule has 0 bridgehead atoms. The lowest BCUT2D eigenvalue weighted by Gasteiger charge is -2.22. The summed E-state index contributed by atoms with van der Waals surface area (Å²) >= 11 is 3.19. The Bertz CT molecular complexity index is 587. The van der Waals surface area contributed by atoms with Crippen molar-refractivity contribution in [2.75, 3.05) is 5.32 Å². The van der Waals surface area contributed by atoms with Crippen molar-refractivity contribution in [1.29, 1.82) is 0 Å². The summed E-state index contributed by atoms with van der Waals surface area (Å²) in [5.74, 6) is -0.819. The van der Waals surface area contributed by atoms with Crippen LogP contribution in [0.3, 0.4) is 0 Å². The maximum absolute atomic E-state index is 13.8. The molecule has 2 aliphatic rings. The highest BCUT2D eigenvalue weighted by molar-refractivity contribution is 9.10. The van der Waals surface area contributed by atoms with Gasteiger partial charge in [0.1, 0.15) is 11.9 Å². The zero-order chi connectivity index (χ0) is 15.0. The van der Waals surface area contributed by atoms with Crippen LogP contribution in [0.25, 0.3) is 0 Å². The lowest BCUT2D eigenvalue weighted by Crippen LogP contribution is -2.41. The van der Waals surface area contributed by atoms with Gasteiger partial charge in [0.15, 0.2) is 0 Å². The number of carbonyl (C=O) groups is 2. The molecule has 1 atom stereocenters. The molecular weight excluding hydrogens is 339 g/mol. The monoisotopic (exact) mass is 354 g/mol. The van der Waals surface area contributed by atoms with Crippen LogP contribution in [0.15, 0.2) is 22.7 Å². The second-order valence-corrected chi connectivity index (χ2v) is 6.48. The molecule has 1 aromatic rings. The minimum absolute atomic E-state index is 0.0339. The topological polar surface area (TPSA) is 49.4 Å². The van der Waals surface area contributed by atoms with Crippen LogP contribution in [0.5, 0.6) is 0 Å². The van der Waals surface area contributed by atoms with Crippen LogP contribution >= 0.6 is 15.9 Å². The van der Waals surface area contributed by atoms with Gasteiger partial charge in [0, 0.05) is 10.5 Å². The van der Waals surface area contributed by atoms with Gasteiger partial charge in [-0.2, -0.15) is 0 Å². The second-order valence-electron chi connectivity index (χ2n) is 5.57. The summed E-state index contributed by atoms with van der Waals surface area (Å²) in [6.45, 7) is 0. The summed E-state index contributed by atoms with van der Waals surface area (Å²) in [6.07, 6.45) is 3.99. The Morgan fingerprint density at radius 2 is 1.95 bits per heavy atom. The quantitative estimate of drug-likeness (QED) is 0.848. The fraction of sp³-hybridized carbons (Fsp3) is 0.467. The van der Waals surface area contributed by atoms with Crippen LogP contribution in [0.4, 0.5) is 10.1 Å². The molecule has 1 saturated heterocycles. The van der Waals surface area contributed by atoms with Gasteiger partial charge in [0.05, 0.1) is 12.1 Å². The predicted octanol–water partition coefficient (Wildman–Crippen LogP) is 3.07. The summed E-state index contributed by atoms with van der Waals surface area (Å²) in [7, 11) is 0. The minimum atomic E-state index is -0.659. The van der Waals surface area contributed by atoms with Crippen LogP contribution in [0, 0.1) is 5.82 Å². The number of hydrogen-bond donors (Lipinski definition) is 1. The van der Waals surface area contributed by atoms with E-state index in [0.29, 0.717) is 4.47 Å². The Kier molecular flexibility index (Phi) is 3.97. The molecule has 1 unspecified atom stereocenters. The molecule has 0 spiro atoms. The molecule has 1 heterocycles. The van der Waals surface area contributed by atoms with E-state index in [1.165, 1.54) is 11.0 Å². The van der Waals surface area contributed by atoms with Crippen LogP contribution in [-0.4, -0.2) is 28.8 Å². The van der Waals surface area contributed by atoms with Gasteiger partial charge < -0.3 is 5.32 Å². The van der Waals surface area contributed by atoms with Crippen LogP contribution in [-0.2, 0) is 9.59 Å². The summed E-state index contributed by atoms with van der Waals surface area (Å²) in [5, 5.41) is 2.86. The Morgan fingerprint density at radius 1 is 1.24 bits per heavy atom. The Balaban J connectivity index is 1.75. The van der Waals surface area contributed by atoms with Gasteiger partial charge in [-0.25, -0.2) is 4.39 Å². The molecule has 112 valence electrons. The number of halogens is 2. The van der Waals surface area contributed by atoms with Crippen molar-refractivity contribution in [3.63, 3.8) is 0 Å². The largest absolute Gasteiger partial charge is 0.371 e. The molecule has 1 N–H and O–H groups in total. The van der Waals surface area contributed by atoms with Gasteiger partial charge in [0.25, 0.3) is 5.91 Å². The molecule has 1 aliphatic carbocycles. The molecule has 2 fully saturated rings. The summed E-state index contributed by atoms with van der Waals surface area (Å²) < 4.78 is 14.5. The number of nitrogens with zero attached hydrogens (tertiary/aromatic N) is 1. The number of imide groups is 1. The van der Waals surface area contributed by atoms with E-state index >= 15 is 0 Å². The number of rotatable bonds is 3. The van der Waals surface area contributed by atoms with Gasteiger partial charge in [-0.1, -0.05) is 28.8 Å². The summed E-state index contributed by atoms with van der Waals surface area (Å²) in [4.78, 5) is 25.9. The molecule has 1 saturated carbocycles. The maximum atomic E-state index is 13.8. The van der Waals surface area contributed by atoms with Crippen molar-refractivity contribution in [3.8, 4) is 0 Å². The molecule has 1 aliphatic heterocycles. The normalized spacial score (nSPS) is 23.1. The van der Waals surface area contributed by atoms with Crippen molar-refractivity contribution < 1.29 is 14.0 Å². The zero-order valence-electron chi connectivity index (χ0n) is 11.4. The summed E-state index contributed by atoms with van der Waals surface area (Å²) in [5.41, 5.74) is 0.248. The van der Waals surface area contributed by atoms with Gasteiger partial charge in [-0.3, -0.25) is 14.5 Å². The third-order valence-corrected chi connectivity index (χ3v) is 4.63. The molecule has 21 heavy (non-hydrogen) atoms. The molecule has 3 rings (SSSR count). The zero-order valence-corrected chi connectivity index (χ0v) is 13.0. The standard InChI is InChI=1S/C15H16BrFN2O2/c16-9-5-6-12(11(17)7-9)18-13-8-14(20)19(15(13)21)10-3-1-2-4-10/h5-7,10,13,18H,1-4,8H2. The highest BCUT2D eigenvalue weighted by atomic mass is 79.9. The SMILES string of the molecule is O=C1CC(Nc2ccc(Br)cc2F)C(=O)N1C1CCCC1. The first-order valence-electron chi connectivity index (χ1n) is 7.14. The van der Waals surface area contributed by atoms with Crippen LogP contribution in [0.2, 0.25) is 0 Å². The van der Waals surface area contributed by atoms with Gasteiger partial charge in [0.2, 0.25) is 5.91 Å². The van der Waals surface area contributed by atoms with E-state index < -0.39 is 11.9 Å². The number of anilines is 1. The van der Waals surface area contributed by atoms with E-state index in [-0.39, 0.29) is 30.0 Å². The second kappa shape index (κ2) is 5.75. The van der Waals surface area contributed by atoms with E-state index in [1.54, 1.807) is 12.1 Å². The smallest absolute Gasteiger partial charge is 0.252 e. The molecule has 2 amide bonds. The lowest BCUT2D eigenvalue weighted by molar-refractivity contribution is -0.141. The Morgan fingerprint density at radius 3 is 2.62 bits per heavy atom. The first-order valence-corrected chi connectivity index (χ1v) is 7.93. The molecule has 0 aromatic heterocycles. The van der Waals surface area contributed by atoms with E-state index in [4.69, 9.17) is 0 Å². The number of carbonyl (C=O) groups excluding carboxylic acids is 2. The van der Waals surface area contributed by atoms with Crippen LogP contribution < -0.4 is 5.32 Å². The van der Waals surface area contributed by atoms with Gasteiger partial charge in [-0.15, -0.1) is 0 Å². The fourth-order valence-corrected chi connectivity index (χ4v) is 3.44. The Labute approximate surface area is 130 Å². The average molecular weight is 355 g/mol. The van der Waals surface area contributed by atoms with Gasteiger partial charge in [-0.05, 0) is 31.0 Å². The van der Waals surface area contributed by atoms with Crippen molar-refractivity contribution in [3.05, 3.63) is 28.5 Å². The average Bonchev–Trinajstić information content (AvgIpc) is 3.02. The number of likely N-dealkylation sites (tertiary alicyclic amines) is 1. The number of amides is 2. The highest BCUT2D eigenvalue weighted by Gasteiger charge is 2.43. The van der Waals surface area contributed by atoms with E-state index in [1.807, 2.05) is 0 Å². The first-order chi connectivity index (χ1) is 10.1. The first kappa shape index (κ1) is 14.5. The predicted molar refractivity (Wildman–Crippen MR) is 80.2 cm³/mol. The molecule has 6 heteroatoms. The summed E-state index contributed by atoms with van der Waals surface area (Å²) in [6, 6.07) is 3.97. The van der Waals surface area contributed by atoms with Crippen molar-refractivity contribution in [1.82, 2.24) is 4.90 Å². The third-order valence-electron chi connectivity index (χ3n) is 4.13. The maximum Gasteiger partial charge on any atom is 0.252 e. The molecule has 0 radical (unpaired) electrons. The minimum Gasteiger partial charge on any atom is -0.371 e. The third kappa shape index (κ3) is 2.81. The van der Waals surface area contributed by atoms with Crippen molar-refractivity contribution >= 4 is 33.4 Å². The van der Waals surface area contributed by atoms with Crippen molar-refractivity contribution in [2.45, 2.75) is 44.2 Å². The van der Waals surface area contributed by atoms with E-state index in [9.17, 15) is 14.0 Å².